The van der Waals surface area contributed by atoms with Gasteiger partial charge in [0.1, 0.15) is 11.5 Å². The van der Waals surface area contributed by atoms with Gasteiger partial charge in [-0.15, -0.1) is 0 Å². The number of nitrogens with one attached hydrogen (secondary N) is 2. The summed E-state index contributed by atoms with van der Waals surface area (Å²) in [5, 5.41) is 3.10. The van der Waals surface area contributed by atoms with Crippen LogP contribution in [0, 0.1) is 6.92 Å². The highest BCUT2D eigenvalue weighted by Gasteiger charge is 2.24. The highest BCUT2D eigenvalue weighted by Crippen LogP contribution is 2.19. The first kappa shape index (κ1) is 13.2. The number of likely N-dealkylation sites (tertiary alicyclic amines) is 1. The van der Waals surface area contributed by atoms with E-state index in [9.17, 15) is 4.79 Å². The number of amides is 1. The van der Waals surface area contributed by atoms with Crippen molar-refractivity contribution in [2.24, 2.45) is 0 Å². The van der Waals surface area contributed by atoms with Gasteiger partial charge in [0, 0.05) is 31.3 Å². The largest absolute Gasteiger partial charge is 0.460 e. The molecule has 1 saturated heterocycles. The number of rotatable bonds is 4. The molecule has 108 valence electrons. The van der Waals surface area contributed by atoms with E-state index in [2.05, 4.69) is 22.1 Å². The summed E-state index contributed by atoms with van der Waals surface area (Å²) in [7, 11) is 0. The smallest absolute Gasteiger partial charge is 0.268 e. The molecule has 0 radical (unpaired) electrons. The van der Waals surface area contributed by atoms with Crippen molar-refractivity contribution in [3.05, 3.63) is 23.6 Å². The second kappa shape index (κ2) is 5.32. The number of aromatic amines is 1. The van der Waals surface area contributed by atoms with Crippen LogP contribution < -0.4 is 5.32 Å². The first-order valence-electron chi connectivity index (χ1n) is 7.28. The molecule has 0 aromatic carbocycles. The topological polar surface area (TPSA) is 61.3 Å². The number of carbonyl (C=O) groups excluding carboxylic acids is 1. The zero-order valence-electron chi connectivity index (χ0n) is 12.0. The maximum Gasteiger partial charge on any atom is 0.268 e. The number of hydrogen-bond acceptors (Lipinski definition) is 3. The molecular weight excluding hydrogens is 254 g/mol. The molecule has 0 spiro atoms. The molecule has 2 aromatic heterocycles. The SMILES string of the molecule is CCCN1CCC(NC(=O)c2cc3oc(C)cc3[nH]2)C1. The van der Waals surface area contributed by atoms with E-state index in [0.29, 0.717) is 5.69 Å². The number of carbonyl (C=O) groups is 1. The summed E-state index contributed by atoms with van der Waals surface area (Å²) in [4.78, 5) is 17.7. The number of fused-ring (bicyclic) bond motifs is 1. The standard InChI is InChI=1S/C15H21N3O2/c1-3-5-18-6-4-11(9-18)16-15(19)13-8-14-12(17-13)7-10(2)20-14/h7-8,11,17H,3-6,9H2,1-2H3,(H,16,19). The third kappa shape index (κ3) is 2.58. The van der Waals surface area contributed by atoms with Gasteiger partial charge < -0.3 is 19.6 Å². The van der Waals surface area contributed by atoms with Gasteiger partial charge in [0.25, 0.3) is 5.91 Å². The maximum absolute atomic E-state index is 12.2. The van der Waals surface area contributed by atoms with Crippen molar-refractivity contribution >= 4 is 17.0 Å². The number of hydrogen-bond donors (Lipinski definition) is 2. The third-order valence-corrected chi connectivity index (χ3v) is 3.82. The minimum Gasteiger partial charge on any atom is -0.460 e. The van der Waals surface area contributed by atoms with Crippen LogP contribution in [0.25, 0.3) is 11.1 Å². The minimum atomic E-state index is -0.0441. The van der Waals surface area contributed by atoms with Gasteiger partial charge in [-0.1, -0.05) is 6.92 Å². The van der Waals surface area contributed by atoms with Crippen molar-refractivity contribution in [3.63, 3.8) is 0 Å². The second-order valence-corrected chi connectivity index (χ2v) is 5.58. The van der Waals surface area contributed by atoms with Crippen molar-refractivity contribution in [3.8, 4) is 0 Å². The molecule has 1 aliphatic rings. The summed E-state index contributed by atoms with van der Waals surface area (Å²) in [5.74, 6) is 0.807. The van der Waals surface area contributed by atoms with E-state index in [1.54, 1.807) is 6.07 Å². The summed E-state index contributed by atoms with van der Waals surface area (Å²) in [6, 6.07) is 3.94. The van der Waals surface area contributed by atoms with Crippen LogP contribution in [0.1, 0.15) is 36.0 Å². The molecule has 2 N–H and O–H groups in total. The lowest BCUT2D eigenvalue weighted by atomic mass is 10.2. The lowest BCUT2D eigenvalue weighted by Gasteiger charge is -2.15. The Morgan fingerprint density at radius 1 is 1.55 bits per heavy atom. The highest BCUT2D eigenvalue weighted by atomic mass is 16.3. The van der Waals surface area contributed by atoms with Gasteiger partial charge in [-0.25, -0.2) is 0 Å². The quantitative estimate of drug-likeness (QED) is 0.900. The summed E-state index contributed by atoms with van der Waals surface area (Å²) in [5.41, 5.74) is 2.20. The average Bonchev–Trinajstić information content (AvgIpc) is 3.04. The molecule has 20 heavy (non-hydrogen) atoms. The first-order valence-corrected chi connectivity index (χ1v) is 7.28. The highest BCUT2D eigenvalue weighted by molar-refractivity contribution is 5.97. The van der Waals surface area contributed by atoms with E-state index in [0.717, 1.165) is 49.3 Å². The molecule has 1 amide bonds. The van der Waals surface area contributed by atoms with Crippen LogP contribution >= 0.6 is 0 Å². The molecule has 5 heteroatoms. The van der Waals surface area contributed by atoms with Crippen LogP contribution in [0.2, 0.25) is 0 Å². The van der Waals surface area contributed by atoms with E-state index in [1.165, 1.54) is 0 Å². The molecule has 3 heterocycles. The molecule has 0 saturated carbocycles. The molecule has 1 aliphatic heterocycles. The van der Waals surface area contributed by atoms with Gasteiger partial charge >= 0.3 is 0 Å². The van der Waals surface area contributed by atoms with Crippen LogP contribution in [0.5, 0.6) is 0 Å². The Bertz CT molecular complexity index is 582. The number of H-pyrrole nitrogens is 1. The van der Waals surface area contributed by atoms with Gasteiger partial charge in [0.15, 0.2) is 5.58 Å². The van der Waals surface area contributed by atoms with Gasteiger partial charge in [-0.3, -0.25) is 4.79 Å². The zero-order chi connectivity index (χ0) is 14.1. The maximum atomic E-state index is 12.2. The van der Waals surface area contributed by atoms with E-state index in [4.69, 9.17) is 4.42 Å². The van der Waals surface area contributed by atoms with Crippen LogP contribution in [0.15, 0.2) is 16.5 Å². The molecule has 3 rings (SSSR count). The Morgan fingerprint density at radius 3 is 3.15 bits per heavy atom. The zero-order valence-corrected chi connectivity index (χ0v) is 12.0. The van der Waals surface area contributed by atoms with Crippen LogP contribution in [-0.2, 0) is 0 Å². The van der Waals surface area contributed by atoms with E-state index >= 15 is 0 Å². The third-order valence-electron chi connectivity index (χ3n) is 3.82. The van der Waals surface area contributed by atoms with Crippen molar-refractivity contribution in [2.75, 3.05) is 19.6 Å². The van der Waals surface area contributed by atoms with E-state index < -0.39 is 0 Å². The molecule has 1 unspecified atom stereocenters. The fraction of sp³-hybridized carbons (Fsp3) is 0.533. The molecule has 1 fully saturated rings. The molecule has 0 aliphatic carbocycles. The number of nitrogens with zero attached hydrogens (tertiary/aromatic N) is 1. The van der Waals surface area contributed by atoms with Gasteiger partial charge in [0.2, 0.25) is 0 Å². The fourth-order valence-electron chi connectivity index (χ4n) is 2.90. The monoisotopic (exact) mass is 275 g/mol. The molecule has 1 atom stereocenters. The number of aryl methyl sites for hydroxylation is 1. The van der Waals surface area contributed by atoms with Crippen molar-refractivity contribution in [1.29, 1.82) is 0 Å². The van der Waals surface area contributed by atoms with Crippen LogP contribution in [0.4, 0.5) is 0 Å². The minimum absolute atomic E-state index is 0.0441. The molecular formula is C15H21N3O2. The first-order chi connectivity index (χ1) is 9.65. The van der Waals surface area contributed by atoms with Gasteiger partial charge in [0.05, 0.1) is 5.52 Å². The molecule has 5 nitrogen and oxygen atoms in total. The van der Waals surface area contributed by atoms with Gasteiger partial charge in [-0.2, -0.15) is 0 Å². The Hall–Kier alpha value is -1.75. The lowest BCUT2D eigenvalue weighted by molar-refractivity contribution is 0.0933. The summed E-state index contributed by atoms with van der Waals surface area (Å²) >= 11 is 0. The Labute approximate surface area is 118 Å². The predicted molar refractivity (Wildman–Crippen MR) is 77.9 cm³/mol. The second-order valence-electron chi connectivity index (χ2n) is 5.58. The summed E-state index contributed by atoms with van der Waals surface area (Å²) < 4.78 is 5.50. The van der Waals surface area contributed by atoms with E-state index in [1.807, 2.05) is 13.0 Å². The van der Waals surface area contributed by atoms with E-state index in [-0.39, 0.29) is 11.9 Å². The Kier molecular flexibility index (Phi) is 3.53. The lowest BCUT2D eigenvalue weighted by Crippen LogP contribution is -2.37. The average molecular weight is 275 g/mol. The summed E-state index contributed by atoms with van der Waals surface area (Å²) in [6.45, 7) is 7.22. The Morgan fingerprint density at radius 2 is 2.40 bits per heavy atom. The summed E-state index contributed by atoms with van der Waals surface area (Å²) in [6.07, 6.45) is 2.19. The molecule has 2 aromatic rings. The number of aromatic nitrogens is 1. The fourth-order valence-corrected chi connectivity index (χ4v) is 2.90. The number of furan rings is 1. The van der Waals surface area contributed by atoms with Crippen molar-refractivity contribution in [1.82, 2.24) is 15.2 Å². The van der Waals surface area contributed by atoms with Crippen molar-refractivity contribution in [2.45, 2.75) is 32.7 Å². The predicted octanol–water partition coefficient (Wildman–Crippen LogP) is 2.28. The van der Waals surface area contributed by atoms with Crippen LogP contribution in [0.3, 0.4) is 0 Å². The van der Waals surface area contributed by atoms with Crippen LogP contribution in [-0.4, -0.2) is 41.5 Å². The van der Waals surface area contributed by atoms with Crippen molar-refractivity contribution < 1.29 is 9.21 Å². The molecule has 0 bridgehead atoms. The Balaban J connectivity index is 1.63. The normalized spacial score (nSPS) is 19.8. The van der Waals surface area contributed by atoms with Gasteiger partial charge in [-0.05, 0) is 26.3 Å².